The fraction of sp³-hybridized carbons (Fsp3) is 0.533. The SMILES string of the molecule is CCCC(Cc1ccccc1)NC(=O)C1(N)CC1.Cl. The Morgan fingerprint density at radius 3 is 2.53 bits per heavy atom. The molecule has 106 valence electrons. The molecule has 1 atom stereocenters. The molecule has 0 aromatic heterocycles. The maximum absolute atomic E-state index is 12.0. The number of halogens is 1. The van der Waals surface area contributed by atoms with Gasteiger partial charge in [-0.15, -0.1) is 12.4 Å². The molecule has 1 aromatic rings. The van der Waals surface area contributed by atoms with Gasteiger partial charge in [0.2, 0.25) is 5.91 Å². The number of hydrogen-bond acceptors (Lipinski definition) is 2. The topological polar surface area (TPSA) is 55.1 Å². The summed E-state index contributed by atoms with van der Waals surface area (Å²) in [5.41, 5.74) is 6.61. The van der Waals surface area contributed by atoms with E-state index in [1.807, 2.05) is 18.2 Å². The van der Waals surface area contributed by atoms with E-state index in [0.717, 1.165) is 32.1 Å². The molecule has 1 aliphatic rings. The van der Waals surface area contributed by atoms with E-state index in [2.05, 4.69) is 24.4 Å². The van der Waals surface area contributed by atoms with E-state index in [1.165, 1.54) is 5.56 Å². The number of hydrogen-bond donors (Lipinski definition) is 2. The normalized spacial score (nSPS) is 17.2. The predicted molar refractivity (Wildman–Crippen MR) is 80.4 cm³/mol. The van der Waals surface area contributed by atoms with Crippen LogP contribution >= 0.6 is 12.4 Å². The standard InChI is InChI=1S/C15H22N2O.ClH/c1-2-6-13(11-12-7-4-3-5-8-12)17-14(18)15(16)9-10-15;/h3-5,7-8,13H,2,6,9-11,16H2,1H3,(H,17,18);1H. The van der Waals surface area contributed by atoms with Crippen molar-refractivity contribution in [2.75, 3.05) is 0 Å². The van der Waals surface area contributed by atoms with Gasteiger partial charge in [-0.2, -0.15) is 0 Å². The third-order valence-electron chi connectivity index (χ3n) is 3.54. The molecule has 1 amide bonds. The molecule has 1 unspecified atom stereocenters. The second-order valence-electron chi connectivity index (χ2n) is 5.30. The molecule has 19 heavy (non-hydrogen) atoms. The van der Waals surface area contributed by atoms with E-state index in [9.17, 15) is 4.79 Å². The molecule has 3 nitrogen and oxygen atoms in total. The molecule has 1 fully saturated rings. The van der Waals surface area contributed by atoms with Crippen molar-refractivity contribution in [3.63, 3.8) is 0 Å². The molecule has 2 rings (SSSR count). The van der Waals surface area contributed by atoms with Gasteiger partial charge in [-0.3, -0.25) is 4.79 Å². The maximum Gasteiger partial charge on any atom is 0.240 e. The Morgan fingerprint density at radius 1 is 1.37 bits per heavy atom. The Kier molecular flexibility index (Phi) is 5.83. The summed E-state index contributed by atoms with van der Waals surface area (Å²) in [6, 6.07) is 10.5. The van der Waals surface area contributed by atoms with Gasteiger partial charge in [0.15, 0.2) is 0 Å². The number of carbonyl (C=O) groups is 1. The lowest BCUT2D eigenvalue weighted by Crippen LogP contribution is -2.47. The zero-order chi connectivity index (χ0) is 13.0. The Hall–Kier alpha value is -1.06. The lowest BCUT2D eigenvalue weighted by atomic mass is 10.0. The summed E-state index contributed by atoms with van der Waals surface area (Å²) in [6.45, 7) is 2.14. The third kappa shape index (κ3) is 4.51. The molecule has 0 spiro atoms. The minimum atomic E-state index is -0.567. The van der Waals surface area contributed by atoms with Crippen molar-refractivity contribution in [3.05, 3.63) is 35.9 Å². The average molecular weight is 283 g/mol. The molecule has 0 saturated heterocycles. The highest BCUT2D eigenvalue weighted by Gasteiger charge is 2.46. The summed E-state index contributed by atoms with van der Waals surface area (Å²) in [4.78, 5) is 12.0. The Bertz CT molecular complexity index is 404. The van der Waals surface area contributed by atoms with E-state index in [4.69, 9.17) is 5.73 Å². The molecule has 0 aliphatic heterocycles. The van der Waals surface area contributed by atoms with Gasteiger partial charge in [0.1, 0.15) is 0 Å². The number of nitrogens with two attached hydrogens (primary N) is 1. The van der Waals surface area contributed by atoms with Gasteiger partial charge in [-0.1, -0.05) is 43.7 Å². The van der Waals surface area contributed by atoms with E-state index >= 15 is 0 Å². The van der Waals surface area contributed by atoms with Gasteiger partial charge in [0.05, 0.1) is 5.54 Å². The second-order valence-corrected chi connectivity index (χ2v) is 5.30. The first-order valence-corrected chi connectivity index (χ1v) is 6.78. The van der Waals surface area contributed by atoms with Crippen molar-refractivity contribution in [2.24, 2.45) is 5.73 Å². The van der Waals surface area contributed by atoms with Crippen LogP contribution in [0.4, 0.5) is 0 Å². The highest BCUT2D eigenvalue weighted by Crippen LogP contribution is 2.32. The first-order valence-electron chi connectivity index (χ1n) is 6.78. The van der Waals surface area contributed by atoms with E-state index in [1.54, 1.807) is 0 Å². The van der Waals surface area contributed by atoms with Crippen LogP contribution in [0, 0.1) is 0 Å². The van der Waals surface area contributed by atoms with Crippen molar-refractivity contribution in [3.8, 4) is 0 Å². The van der Waals surface area contributed by atoms with Crippen LogP contribution < -0.4 is 11.1 Å². The van der Waals surface area contributed by atoms with Crippen molar-refractivity contribution < 1.29 is 4.79 Å². The summed E-state index contributed by atoms with van der Waals surface area (Å²) >= 11 is 0. The summed E-state index contributed by atoms with van der Waals surface area (Å²) in [6.07, 6.45) is 4.59. The van der Waals surface area contributed by atoms with Gasteiger partial charge in [-0.25, -0.2) is 0 Å². The van der Waals surface area contributed by atoms with Crippen molar-refractivity contribution in [2.45, 2.75) is 50.6 Å². The van der Waals surface area contributed by atoms with Crippen molar-refractivity contribution in [1.29, 1.82) is 0 Å². The van der Waals surface area contributed by atoms with Crippen LogP contribution in [-0.2, 0) is 11.2 Å². The molecule has 0 radical (unpaired) electrons. The van der Waals surface area contributed by atoms with Crippen LogP contribution in [-0.4, -0.2) is 17.5 Å². The van der Waals surface area contributed by atoms with E-state index in [-0.39, 0.29) is 24.4 Å². The number of benzene rings is 1. The molecule has 3 N–H and O–H groups in total. The van der Waals surface area contributed by atoms with Crippen LogP contribution in [0.1, 0.15) is 38.2 Å². The van der Waals surface area contributed by atoms with Gasteiger partial charge in [0, 0.05) is 6.04 Å². The van der Waals surface area contributed by atoms with Gasteiger partial charge in [-0.05, 0) is 31.2 Å². The quantitative estimate of drug-likeness (QED) is 0.842. The monoisotopic (exact) mass is 282 g/mol. The maximum atomic E-state index is 12.0. The molecule has 0 heterocycles. The van der Waals surface area contributed by atoms with E-state index in [0.29, 0.717) is 0 Å². The first kappa shape index (κ1) is 16.0. The molecular weight excluding hydrogens is 260 g/mol. The first-order chi connectivity index (χ1) is 8.64. The second kappa shape index (κ2) is 6.92. The zero-order valence-electron chi connectivity index (χ0n) is 11.4. The Labute approximate surface area is 121 Å². The van der Waals surface area contributed by atoms with Crippen molar-refractivity contribution >= 4 is 18.3 Å². The summed E-state index contributed by atoms with van der Waals surface area (Å²) in [5.74, 6) is 0.0249. The number of amides is 1. The van der Waals surface area contributed by atoms with Crippen LogP contribution in [0.2, 0.25) is 0 Å². The summed E-state index contributed by atoms with van der Waals surface area (Å²) in [7, 11) is 0. The highest BCUT2D eigenvalue weighted by molar-refractivity contribution is 5.89. The van der Waals surface area contributed by atoms with Crippen LogP contribution in [0.3, 0.4) is 0 Å². The third-order valence-corrected chi connectivity index (χ3v) is 3.54. The summed E-state index contributed by atoms with van der Waals surface area (Å²) < 4.78 is 0. The largest absolute Gasteiger partial charge is 0.351 e. The lowest BCUT2D eigenvalue weighted by Gasteiger charge is -2.20. The molecule has 1 saturated carbocycles. The van der Waals surface area contributed by atoms with Crippen molar-refractivity contribution in [1.82, 2.24) is 5.32 Å². The number of carbonyl (C=O) groups excluding carboxylic acids is 1. The number of rotatable bonds is 6. The lowest BCUT2D eigenvalue weighted by molar-refractivity contribution is -0.124. The number of nitrogens with one attached hydrogen (secondary N) is 1. The fourth-order valence-electron chi connectivity index (χ4n) is 2.16. The van der Waals surface area contributed by atoms with Gasteiger partial charge >= 0.3 is 0 Å². The molecule has 0 bridgehead atoms. The molecular formula is C15H23ClN2O. The highest BCUT2D eigenvalue weighted by atomic mass is 35.5. The molecule has 1 aliphatic carbocycles. The van der Waals surface area contributed by atoms with Crippen LogP contribution in [0.15, 0.2) is 30.3 Å². The molecule has 1 aromatic carbocycles. The Morgan fingerprint density at radius 2 is 2.00 bits per heavy atom. The Balaban J connectivity index is 0.00000180. The van der Waals surface area contributed by atoms with Gasteiger partial charge in [0.25, 0.3) is 0 Å². The minimum Gasteiger partial charge on any atom is -0.351 e. The summed E-state index contributed by atoms with van der Waals surface area (Å²) in [5, 5.41) is 3.10. The van der Waals surface area contributed by atoms with Crippen LogP contribution in [0.25, 0.3) is 0 Å². The minimum absolute atomic E-state index is 0. The molecule has 4 heteroatoms. The zero-order valence-corrected chi connectivity index (χ0v) is 12.2. The smallest absolute Gasteiger partial charge is 0.240 e. The fourth-order valence-corrected chi connectivity index (χ4v) is 2.16. The van der Waals surface area contributed by atoms with Gasteiger partial charge < -0.3 is 11.1 Å². The van der Waals surface area contributed by atoms with E-state index < -0.39 is 5.54 Å². The predicted octanol–water partition coefficient (Wildman–Crippen LogP) is 2.43. The average Bonchev–Trinajstić information content (AvgIpc) is 3.10. The van der Waals surface area contributed by atoms with Crippen LogP contribution in [0.5, 0.6) is 0 Å².